The number of carbonyl (C=O) groups excluding carboxylic acids is 3. The van der Waals surface area contributed by atoms with Crippen LogP contribution in [0.2, 0.25) is 0 Å². The number of para-hydroxylation sites is 1. The summed E-state index contributed by atoms with van der Waals surface area (Å²) in [6, 6.07) is 6.08. The second-order valence-electron chi connectivity index (χ2n) is 8.94. The first-order valence-corrected chi connectivity index (χ1v) is 11.0. The van der Waals surface area contributed by atoms with Crippen molar-refractivity contribution in [1.82, 2.24) is 4.90 Å². The molecular formula is C24H28N2O3. The van der Waals surface area contributed by atoms with Gasteiger partial charge in [0, 0.05) is 18.7 Å². The largest absolute Gasteiger partial charge is 0.326 e. The van der Waals surface area contributed by atoms with Gasteiger partial charge in [0.1, 0.15) is 0 Å². The number of allylic oxidation sites excluding steroid dienone is 2. The standard InChI is InChI=1S/C24H28N2O3/c1-3-13-6-5-7-14(4-2)22(13)25-19(27)10-11-26-23(28)20-15-8-9-16(18-12-17(15)18)21(20)24(26)29/h5-9,15-18,20-21H,3-4,10-12H2,1-2H3,(H,25,27)/t15-,16-,17-,18+,20+,21+/m1/s1. The van der Waals surface area contributed by atoms with Gasteiger partial charge in [0.2, 0.25) is 17.7 Å². The highest BCUT2D eigenvalue weighted by Crippen LogP contribution is 2.65. The highest BCUT2D eigenvalue weighted by Gasteiger charge is 2.66. The molecule has 1 aliphatic heterocycles. The number of hydrogen-bond acceptors (Lipinski definition) is 3. The van der Waals surface area contributed by atoms with Gasteiger partial charge in [-0.05, 0) is 54.1 Å². The molecule has 5 heteroatoms. The quantitative estimate of drug-likeness (QED) is 0.597. The van der Waals surface area contributed by atoms with Gasteiger partial charge in [-0.2, -0.15) is 0 Å². The normalized spacial score (nSPS) is 33.7. The molecule has 0 aromatic heterocycles. The molecule has 152 valence electrons. The van der Waals surface area contributed by atoms with Crippen LogP contribution in [0, 0.1) is 35.5 Å². The molecule has 1 aromatic rings. The average Bonchev–Trinajstić information content (AvgIpc) is 3.51. The first kappa shape index (κ1) is 18.6. The second-order valence-corrected chi connectivity index (χ2v) is 8.94. The lowest BCUT2D eigenvalue weighted by Crippen LogP contribution is -2.40. The van der Waals surface area contributed by atoms with E-state index >= 15 is 0 Å². The zero-order valence-corrected chi connectivity index (χ0v) is 17.1. The van der Waals surface area contributed by atoms with E-state index in [9.17, 15) is 14.4 Å². The van der Waals surface area contributed by atoms with Crippen LogP contribution < -0.4 is 5.32 Å². The number of anilines is 1. The lowest BCUT2D eigenvalue weighted by Gasteiger charge is -2.37. The molecule has 1 N–H and O–H groups in total. The summed E-state index contributed by atoms with van der Waals surface area (Å²) in [6.07, 6.45) is 7.34. The zero-order valence-electron chi connectivity index (χ0n) is 17.1. The van der Waals surface area contributed by atoms with Crippen LogP contribution >= 0.6 is 0 Å². The van der Waals surface area contributed by atoms with Crippen LogP contribution in [0.4, 0.5) is 5.69 Å². The molecule has 1 aromatic carbocycles. The van der Waals surface area contributed by atoms with Crippen molar-refractivity contribution in [3.8, 4) is 0 Å². The van der Waals surface area contributed by atoms with Crippen LogP contribution in [0.25, 0.3) is 0 Å². The molecule has 5 nitrogen and oxygen atoms in total. The topological polar surface area (TPSA) is 66.5 Å². The number of imide groups is 1. The summed E-state index contributed by atoms with van der Waals surface area (Å²) in [5.41, 5.74) is 3.11. The van der Waals surface area contributed by atoms with Crippen LogP contribution in [0.1, 0.15) is 37.8 Å². The van der Waals surface area contributed by atoms with E-state index in [1.54, 1.807) is 0 Å². The minimum atomic E-state index is -0.183. The third-order valence-electron chi connectivity index (χ3n) is 7.58. The number of likely N-dealkylation sites (tertiary alicyclic amines) is 1. The van der Waals surface area contributed by atoms with Crippen molar-refractivity contribution in [3.63, 3.8) is 0 Å². The highest BCUT2D eigenvalue weighted by atomic mass is 16.2. The van der Waals surface area contributed by atoms with Crippen molar-refractivity contribution in [1.29, 1.82) is 0 Å². The van der Waals surface area contributed by atoms with Crippen LogP contribution in [-0.4, -0.2) is 29.2 Å². The Bertz CT molecular complexity index is 862. The molecule has 29 heavy (non-hydrogen) atoms. The van der Waals surface area contributed by atoms with Gasteiger partial charge in [0.15, 0.2) is 0 Å². The van der Waals surface area contributed by atoms with Gasteiger partial charge in [-0.3, -0.25) is 19.3 Å². The summed E-state index contributed by atoms with van der Waals surface area (Å²) in [5, 5.41) is 3.04. The number of carbonyl (C=O) groups is 3. The molecule has 3 fully saturated rings. The van der Waals surface area contributed by atoms with Gasteiger partial charge in [0.25, 0.3) is 0 Å². The smallest absolute Gasteiger partial charge is 0.233 e. The van der Waals surface area contributed by atoms with Crippen molar-refractivity contribution in [3.05, 3.63) is 41.5 Å². The molecule has 1 heterocycles. The van der Waals surface area contributed by atoms with Crippen molar-refractivity contribution < 1.29 is 14.4 Å². The van der Waals surface area contributed by atoms with E-state index in [2.05, 4.69) is 31.3 Å². The molecule has 4 aliphatic carbocycles. The van der Waals surface area contributed by atoms with Crippen LogP contribution in [0.3, 0.4) is 0 Å². The van der Waals surface area contributed by atoms with Gasteiger partial charge < -0.3 is 5.32 Å². The number of nitrogens with zero attached hydrogens (tertiary/aromatic N) is 1. The first-order chi connectivity index (χ1) is 14.0. The number of nitrogens with one attached hydrogen (secondary N) is 1. The molecular weight excluding hydrogens is 364 g/mol. The molecule has 6 rings (SSSR count). The van der Waals surface area contributed by atoms with Crippen molar-refractivity contribution in [2.75, 3.05) is 11.9 Å². The fourth-order valence-electron chi connectivity index (χ4n) is 6.06. The van der Waals surface area contributed by atoms with E-state index < -0.39 is 0 Å². The fraction of sp³-hybridized carbons (Fsp3) is 0.542. The predicted octanol–water partition coefficient (Wildman–Crippen LogP) is 3.19. The van der Waals surface area contributed by atoms with E-state index in [0.717, 1.165) is 36.1 Å². The summed E-state index contributed by atoms with van der Waals surface area (Å²) >= 11 is 0. The molecule has 2 saturated carbocycles. The lowest BCUT2D eigenvalue weighted by atomic mass is 9.63. The Balaban J connectivity index is 1.26. The van der Waals surface area contributed by atoms with Gasteiger partial charge >= 0.3 is 0 Å². The molecule has 1 saturated heterocycles. The molecule has 0 radical (unpaired) electrons. The minimum Gasteiger partial charge on any atom is -0.326 e. The second kappa shape index (κ2) is 6.82. The van der Waals surface area contributed by atoms with E-state index in [-0.39, 0.29) is 54.4 Å². The van der Waals surface area contributed by atoms with Gasteiger partial charge in [-0.1, -0.05) is 44.2 Å². The van der Waals surface area contributed by atoms with E-state index in [4.69, 9.17) is 0 Å². The maximum atomic E-state index is 13.0. The Hall–Kier alpha value is -2.43. The third kappa shape index (κ3) is 2.77. The molecule has 5 aliphatic rings. The number of amides is 3. The Morgan fingerprint density at radius 2 is 1.55 bits per heavy atom. The average molecular weight is 392 g/mol. The van der Waals surface area contributed by atoms with Gasteiger partial charge in [-0.25, -0.2) is 0 Å². The number of benzene rings is 1. The predicted molar refractivity (Wildman–Crippen MR) is 110 cm³/mol. The minimum absolute atomic E-state index is 0.0549. The first-order valence-electron chi connectivity index (χ1n) is 11.0. The number of rotatable bonds is 6. The molecule has 0 unspecified atom stereocenters. The van der Waals surface area contributed by atoms with Crippen LogP contribution in [0.5, 0.6) is 0 Å². The van der Waals surface area contributed by atoms with E-state index in [0.29, 0.717) is 11.8 Å². The molecule has 0 spiro atoms. The maximum absolute atomic E-state index is 13.0. The fourth-order valence-corrected chi connectivity index (χ4v) is 6.06. The van der Waals surface area contributed by atoms with Crippen molar-refractivity contribution >= 4 is 23.4 Å². The Kier molecular flexibility index (Phi) is 4.37. The van der Waals surface area contributed by atoms with E-state index in [1.165, 1.54) is 4.90 Å². The summed E-state index contributed by atoms with van der Waals surface area (Å²) in [5.74, 6) is 1.05. The third-order valence-corrected chi connectivity index (χ3v) is 7.58. The Morgan fingerprint density at radius 3 is 2.07 bits per heavy atom. The lowest BCUT2D eigenvalue weighted by molar-refractivity contribution is -0.140. The number of aryl methyl sites for hydroxylation is 2. The van der Waals surface area contributed by atoms with Gasteiger partial charge in [-0.15, -0.1) is 0 Å². The summed E-state index contributed by atoms with van der Waals surface area (Å²) in [6.45, 7) is 4.32. The molecule has 2 bridgehead atoms. The monoisotopic (exact) mass is 392 g/mol. The Morgan fingerprint density at radius 1 is 1.00 bits per heavy atom. The highest BCUT2D eigenvalue weighted by molar-refractivity contribution is 6.06. The summed E-state index contributed by atoms with van der Waals surface area (Å²) in [7, 11) is 0. The summed E-state index contributed by atoms with van der Waals surface area (Å²) in [4.78, 5) is 40.1. The summed E-state index contributed by atoms with van der Waals surface area (Å²) < 4.78 is 0. The van der Waals surface area contributed by atoms with Crippen molar-refractivity contribution in [2.45, 2.75) is 39.5 Å². The SMILES string of the molecule is CCc1cccc(CC)c1NC(=O)CCN1C(=O)[C@H]2[C@@H]3C=C[C@H]([C@@H]4C[C@H]34)[C@@H]2C1=O. The maximum Gasteiger partial charge on any atom is 0.233 e. The van der Waals surface area contributed by atoms with Crippen molar-refractivity contribution in [2.24, 2.45) is 35.5 Å². The Labute approximate surface area is 171 Å². The molecule has 6 atom stereocenters. The van der Waals surface area contributed by atoms with Crippen LogP contribution in [-0.2, 0) is 27.2 Å². The van der Waals surface area contributed by atoms with Gasteiger partial charge in [0.05, 0.1) is 11.8 Å². The van der Waals surface area contributed by atoms with Crippen LogP contribution in [0.15, 0.2) is 30.4 Å². The van der Waals surface area contributed by atoms with E-state index in [1.807, 2.05) is 18.2 Å². The molecule has 3 amide bonds. The zero-order chi connectivity index (χ0) is 20.3. The number of hydrogen-bond donors (Lipinski definition) is 1.